The van der Waals surface area contributed by atoms with Gasteiger partial charge in [-0.2, -0.15) is 5.10 Å². The first kappa shape index (κ1) is 17.2. The molecule has 27 heavy (non-hydrogen) atoms. The molecule has 0 unspecified atom stereocenters. The first-order valence-electron chi connectivity index (χ1n) is 8.71. The van der Waals surface area contributed by atoms with Gasteiger partial charge in [0, 0.05) is 16.7 Å². The lowest BCUT2D eigenvalue weighted by atomic mass is 10.0. The Morgan fingerprint density at radius 3 is 1.74 bits per heavy atom. The molecule has 0 aliphatic rings. The topological polar surface area (TPSA) is 17.8 Å². The number of halogens is 2. The largest absolute Gasteiger partial charge is 0.232 e. The van der Waals surface area contributed by atoms with Gasteiger partial charge in [0.15, 0.2) is 0 Å². The van der Waals surface area contributed by atoms with Gasteiger partial charge in [0.1, 0.15) is 11.6 Å². The summed E-state index contributed by atoms with van der Waals surface area (Å²) < 4.78 is 28.6. The minimum atomic E-state index is -0.284. The van der Waals surface area contributed by atoms with Gasteiger partial charge in [-0.3, -0.25) is 0 Å². The number of hydrogen-bond acceptors (Lipinski definition) is 1. The van der Waals surface area contributed by atoms with Crippen molar-refractivity contribution in [2.24, 2.45) is 0 Å². The molecular weight excluding hydrogens is 342 g/mol. The van der Waals surface area contributed by atoms with Crippen LogP contribution in [0.15, 0.2) is 72.8 Å². The van der Waals surface area contributed by atoms with Crippen LogP contribution in [-0.4, -0.2) is 9.78 Å². The Bertz CT molecular complexity index is 1080. The summed E-state index contributed by atoms with van der Waals surface area (Å²) in [5.74, 6) is -0.565. The minimum absolute atomic E-state index is 0.281. The second-order valence-electron chi connectivity index (χ2n) is 6.58. The molecule has 0 aliphatic heterocycles. The highest BCUT2D eigenvalue weighted by Crippen LogP contribution is 2.33. The van der Waals surface area contributed by atoms with Gasteiger partial charge < -0.3 is 0 Å². The fourth-order valence-corrected chi connectivity index (χ4v) is 3.20. The molecule has 2 nitrogen and oxygen atoms in total. The molecule has 0 aliphatic carbocycles. The Kier molecular flexibility index (Phi) is 4.32. The quantitative estimate of drug-likeness (QED) is 0.431. The Hall–Kier alpha value is -3.27. The molecule has 0 saturated carbocycles. The molecule has 0 radical (unpaired) electrons. The van der Waals surface area contributed by atoms with E-state index in [9.17, 15) is 8.78 Å². The third-order valence-electron chi connectivity index (χ3n) is 4.64. The zero-order chi connectivity index (χ0) is 19.0. The lowest BCUT2D eigenvalue weighted by Gasteiger charge is -2.09. The van der Waals surface area contributed by atoms with E-state index >= 15 is 0 Å². The molecule has 4 aromatic rings. The maximum atomic E-state index is 13.4. The Labute approximate surface area is 156 Å². The van der Waals surface area contributed by atoms with Gasteiger partial charge in [-0.15, -0.1) is 0 Å². The highest BCUT2D eigenvalue weighted by Gasteiger charge is 2.18. The van der Waals surface area contributed by atoms with Crippen molar-refractivity contribution in [3.63, 3.8) is 0 Å². The van der Waals surface area contributed by atoms with E-state index in [1.165, 1.54) is 24.3 Å². The molecule has 4 heteroatoms. The molecule has 0 atom stereocenters. The highest BCUT2D eigenvalue weighted by molar-refractivity contribution is 5.75. The average molecular weight is 360 g/mol. The first-order valence-corrected chi connectivity index (χ1v) is 8.71. The minimum Gasteiger partial charge on any atom is -0.232 e. The summed E-state index contributed by atoms with van der Waals surface area (Å²) >= 11 is 0. The third-order valence-corrected chi connectivity index (χ3v) is 4.64. The van der Waals surface area contributed by atoms with Gasteiger partial charge in [-0.05, 0) is 74.5 Å². The molecule has 0 saturated heterocycles. The smallest absolute Gasteiger partial charge is 0.123 e. The van der Waals surface area contributed by atoms with Gasteiger partial charge in [-0.25, -0.2) is 13.5 Å². The molecule has 134 valence electrons. The van der Waals surface area contributed by atoms with Crippen LogP contribution in [0.4, 0.5) is 8.78 Å². The van der Waals surface area contributed by atoms with Crippen LogP contribution in [0.3, 0.4) is 0 Å². The lowest BCUT2D eigenvalue weighted by molar-refractivity contribution is 0.627. The van der Waals surface area contributed by atoms with Crippen molar-refractivity contribution in [3.05, 3.63) is 95.6 Å². The molecular formula is C23H18F2N2. The lowest BCUT2D eigenvalue weighted by Crippen LogP contribution is -1.99. The van der Waals surface area contributed by atoms with Gasteiger partial charge in [0.25, 0.3) is 0 Å². The maximum Gasteiger partial charge on any atom is 0.123 e. The summed E-state index contributed by atoms with van der Waals surface area (Å²) in [4.78, 5) is 0. The van der Waals surface area contributed by atoms with Crippen molar-refractivity contribution >= 4 is 0 Å². The van der Waals surface area contributed by atoms with Crippen LogP contribution in [0, 0.1) is 25.5 Å². The van der Waals surface area contributed by atoms with Crippen molar-refractivity contribution in [3.8, 4) is 28.2 Å². The Morgan fingerprint density at radius 2 is 1.19 bits per heavy atom. The number of nitrogens with zero attached hydrogens (tertiary/aromatic N) is 2. The van der Waals surface area contributed by atoms with E-state index in [2.05, 4.69) is 0 Å². The van der Waals surface area contributed by atoms with Gasteiger partial charge in [0.05, 0.1) is 17.1 Å². The van der Waals surface area contributed by atoms with Crippen molar-refractivity contribution in [2.75, 3.05) is 0 Å². The van der Waals surface area contributed by atoms with Crippen molar-refractivity contribution in [2.45, 2.75) is 13.8 Å². The van der Waals surface area contributed by atoms with Crippen LogP contribution in [-0.2, 0) is 0 Å². The second kappa shape index (κ2) is 6.80. The second-order valence-corrected chi connectivity index (χ2v) is 6.58. The summed E-state index contributed by atoms with van der Waals surface area (Å²) in [6, 6.07) is 20.7. The predicted molar refractivity (Wildman–Crippen MR) is 104 cm³/mol. The van der Waals surface area contributed by atoms with E-state index < -0.39 is 0 Å². The molecule has 1 heterocycles. The summed E-state index contributed by atoms with van der Waals surface area (Å²) in [5.41, 5.74) is 6.39. The van der Waals surface area contributed by atoms with E-state index in [1.54, 1.807) is 24.3 Å². The molecule has 3 aromatic carbocycles. The molecule has 4 rings (SSSR count). The molecule has 0 fully saturated rings. The van der Waals surface area contributed by atoms with Gasteiger partial charge >= 0.3 is 0 Å². The summed E-state index contributed by atoms with van der Waals surface area (Å²) in [6.07, 6.45) is 0. The Balaban J connectivity index is 1.95. The zero-order valence-corrected chi connectivity index (χ0v) is 15.1. The third kappa shape index (κ3) is 3.26. The standard InChI is InChI=1S/C23H18F2N2/c1-15-3-13-21(14-4-15)27-23(18-7-11-20(25)12-8-18)16(2)22(26-27)17-5-9-19(24)10-6-17/h3-14H,1-2H3. The molecule has 0 bridgehead atoms. The van der Waals surface area contributed by atoms with E-state index in [-0.39, 0.29) is 11.6 Å². The zero-order valence-electron chi connectivity index (χ0n) is 15.1. The van der Waals surface area contributed by atoms with Crippen molar-refractivity contribution in [1.82, 2.24) is 9.78 Å². The van der Waals surface area contributed by atoms with Crippen LogP contribution in [0.5, 0.6) is 0 Å². The maximum absolute atomic E-state index is 13.4. The number of aromatic nitrogens is 2. The molecule has 0 N–H and O–H groups in total. The molecule has 1 aromatic heterocycles. The summed E-state index contributed by atoms with van der Waals surface area (Å²) in [6.45, 7) is 4.01. The average Bonchev–Trinajstić information content (AvgIpc) is 3.01. The van der Waals surface area contributed by atoms with Crippen molar-refractivity contribution < 1.29 is 8.78 Å². The van der Waals surface area contributed by atoms with E-state index in [0.717, 1.165) is 39.3 Å². The van der Waals surface area contributed by atoms with Gasteiger partial charge in [-0.1, -0.05) is 17.7 Å². The number of hydrogen-bond donors (Lipinski definition) is 0. The highest BCUT2D eigenvalue weighted by atomic mass is 19.1. The van der Waals surface area contributed by atoms with Crippen LogP contribution >= 0.6 is 0 Å². The number of benzene rings is 3. The number of rotatable bonds is 3. The molecule has 0 amide bonds. The first-order chi connectivity index (χ1) is 13.0. The predicted octanol–water partition coefficient (Wildman–Crippen LogP) is 6.10. The van der Waals surface area contributed by atoms with Gasteiger partial charge in [0.2, 0.25) is 0 Å². The fraction of sp³-hybridized carbons (Fsp3) is 0.0870. The van der Waals surface area contributed by atoms with Crippen LogP contribution in [0.2, 0.25) is 0 Å². The SMILES string of the molecule is Cc1ccc(-n2nc(-c3ccc(F)cc3)c(C)c2-c2ccc(F)cc2)cc1. The monoisotopic (exact) mass is 360 g/mol. The summed E-state index contributed by atoms with van der Waals surface area (Å²) in [7, 11) is 0. The van der Waals surface area contributed by atoms with Crippen LogP contribution in [0.25, 0.3) is 28.2 Å². The van der Waals surface area contributed by atoms with Crippen LogP contribution in [0.1, 0.15) is 11.1 Å². The van der Waals surface area contributed by atoms with E-state index in [0.29, 0.717) is 0 Å². The molecule has 0 spiro atoms. The van der Waals surface area contributed by atoms with E-state index in [4.69, 9.17) is 5.10 Å². The number of aryl methyl sites for hydroxylation is 1. The fourth-order valence-electron chi connectivity index (χ4n) is 3.20. The normalized spacial score (nSPS) is 11.0. The summed E-state index contributed by atoms with van der Waals surface area (Å²) in [5, 5.41) is 4.81. The van der Waals surface area contributed by atoms with Crippen molar-refractivity contribution in [1.29, 1.82) is 0 Å². The van der Waals surface area contributed by atoms with E-state index in [1.807, 2.05) is 42.8 Å². The van der Waals surface area contributed by atoms with Crippen LogP contribution < -0.4 is 0 Å². The Morgan fingerprint density at radius 1 is 0.667 bits per heavy atom.